The molecule has 0 atom stereocenters. The lowest BCUT2D eigenvalue weighted by molar-refractivity contribution is 0.0659. The Morgan fingerprint density at radius 3 is 2.33 bits per heavy atom. The minimum absolute atomic E-state index is 0.0247. The predicted octanol–water partition coefficient (Wildman–Crippen LogP) is 2.24. The first kappa shape index (κ1) is 11.9. The Balaban J connectivity index is 1.97. The number of furan rings is 1. The van der Waals surface area contributed by atoms with Crippen LogP contribution in [0.2, 0.25) is 0 Å². The molecular formula is C13H10O5. The van der Waals surface area contributed by atoms with Gasteiger partial charge in [0.15, 0.2) is 12.4 Å². The number of hydrogen-bond donors (Lipinski definition) is 1. The summed E-state index contributed by atoms with van der Waals surface area (Å²) in [5.74, 6) is -1.35. The summed E-state index contributed by atoms with van der Waals surface area (Å²) >= 11 is 0. The Kier molecular flexibility index (Phi) is 3.43. The largest absolute Gasteiger partial charge is 0.485 e. The van der Waals surface area contributed by atoms with Gasteiger partial charge in [-0.1, -0.05) is 18.2 Å². The molecule has 0 aliphatic heterocycles. The summed E-state index contributed by atoms with van der Waals surface area (Å²) in [6.45, 7) is -0.198. The second-order valence-corrected chi connectivity index (χ2v) is 3.49. The Morgan fingerprint density at radius 1 is 1.06 bits per heavy atom. The number of para-hydroxylation sites is 1. The molecule has 5 nitrogen and oxygen atoms in total. The molecule has 2 rings (SSSR count). The fraction of sp³-hybridized carbons (Fsp3) is 0.0769. The maximum atomic E-state index is 11.6. The standard InChI is InChI=1S/C13H10O5/c14-10(8-17-9-4-2-1-3-5-9)11-6-7-12(18-11)13(15)16/h1-7H,8H2,(H,15,16). The summed E-state index contributed by atoms with van der Waals surface area (Å²) in [5.41, 5.74) is 0. The number of benzene rings is 1. The summed E-state index contributed by atoms with van der Waals surface area (Å²) < 4.78 is 10.1. The third-order valence-electron chi connectivity index (χ3n) is 2.20. The van der Waals surface area contributed by atoms with E-state index in [1.54, 1.807) is 24.3 Å². The second-order valence-electron chi connectivity index (χ2n) is 3.49. The maximum absolute atomic E-state index is 11.6. The van der Waals surface area contributed by atoms with Gasteiger partial charge in [-0.05, 0) is 24.3 Å². The number of ketones is 1. The van der Waals surface area contributed by atoms with Gasteiger partial charge in [-0.3, -0.25) is 4.79 Å². The van der Waals surface area contributed by atoms with Crippen LogP contribution in [-0.2, 0) is 0 Å². The fourth-order valence-electron chi connectivity index (χ4n) is 1.34. The highest BCUT2D eigenvalue weighted by molar-refractivity contribution is 5.96. The Morgan fingerprint density at radius 2 is 1.72 bits per heavy atom. The zero-order valence-corrected chi connectivity index (χ0v) is 9.33. The van der Waals surface area contributed by atoms with Crippen molar-refractivity contribution in [3.63, 3.8) is 0 Å². The Labute approximate surface area is 103 Å². The summed E-state index contributed by atoms with van der Waals surface area (Å²) in [6, 6.07) is 11.4. The van der Waals surface area contributed by atoms with Gasteiger partial charge >= 0.3 is 5.97 Å². The van der Waals surface area contributed by atoms with Crippen molar-refractivity contribution in [1.82, 2.24) is 0 Å². The molecular weight excluding hydrogens is 236 g/mol. The molecule has 0 bridgehead atoms. The average molecular weight is 246 g/mol. The molecule has 0 radical (unpaired) electrons. The number of carboxylic acid groups (broad SMARTS) is 1. The predicted molar refractivity (Wildman–Crippen MR) is 61.9 cm³/mol. The normalized spacial score (nSPS) is 10.0. The van der Waals surface area contributed by atoms with Crippen LogP contribution in [0.15, 0.2) is 46.9 Å². The molecule has 1 aromatic heterocycles. The average Bonchev–Trinajstić information content (AvgIpc) is 2.87. The maximum Gasteiger partial charge on any atom is 0.371 e. The molecule has 0 amide bonds. The second kappa shape index (κ2) is 5.18. The number of carbonyl (C=O) groups excluding carboxylic acids is 1. The number of carbonyl (C=O) groups is 2. The van der Waals surface area contributed by atoms with E-state index in [-0.39, 0.29) is 18.1 Å². The Hall–Kier alpha value is -2.56. The number of carboxylic acids is 1. The number of aromatic carboxylic acids is 1. The molecule has 5 heteroatoms. The van der Waals surface area contributed by atoms with E-state index in [4.69, 9.17) is 14.3 Å². The van der Waals surface area contributed by atoms with Crippen LogP contribution in [-0.4, -0.2) is 23.5 Å². The zero-order valence-electron chi connectivity index (χ0n) is 9.33. The number of ether oxygens (including phenoxy) is 1. The molecule has 1 aromatic carbocycles. The first-order chi connectivity index (χ1) is 8.66. The van der Waals surface area contributed by atoms with E-state index in [2.05, 4.69) is 0 Å². The van der Waals surface area contributed by atoms with Gasteiger partial charge in [0.25, 0.3) is 0 Å². The van der Waals surface area contributed by atoms with Crippen molar-refractivity contribution in [2.45, 2.75) is 0 Å². The highest BCUT2D eigenvalue weighted by Crippen LogP contribution is 2.11. The molecule has 18 heavy (non-hydrogen) atoms. The number of hydrogen-bond acceptors (Lipinski definition) is 4. The van der Waals surface area contributed by atoms with Crippen LogP contribution in [0, 0.1) is 0 Å². The van der Waals surface area contributed by atoms with Gasteiger partial charge in [0.1, 0.15) is 5.75 Å². The molecule has 92 valence electrons. The van der Waals surface area contributed by atoms with Crippen molar-refractivity contribution < 1.29 is 23.8 Å². The lowest BCUT2D eigenvalue weighted by Gasteiger charge is -2.03. The molecule has 1 heterocycles. The van der Waals surface area contributed by atoms with Crippen LogP contribution in [0.25, 0.3) is 0 Å². The van der Waals surface area contributed by atoms with E-state index in [0.717, 1.165) is 0 Å². The summed E-state index contributed by atoms with van der Waals surface area (Å²) in [4.78, 5) is 22.2. The molecule has 2 aromatic rings. The molecule has 0 spiro atoms. The molecule has 0 aliphatic rings. The lowest BCUT2D eigenvalue weighted by atomic mass is 10.3. The fourth-order valence-corrected chi connectivity index (χ4v) is 1.34. The number of rotatable bonds is 5. The van der Waals surface area contributed by atoms with Gasteiger partial charge in [-0.15, -0.1) is 0 Å². The molecule has 0 saturated heterocycles. The van der Waals surface area contributed by atoms with Crippen LogP contribution >= 0.6 is 0 Å². The van der Waals surface area contributed by atoms with E-state index in [0.29, 0.717) is 5.75 Å². The molecule has 0 unspecified atom stereocenters. The number of Topliss-reactive ketones (excluding diaryl/α,β-unsaturated/α-hetero) is 1. The molecule has 1 N–H and O–H groups in total. The van der Waals surface area contributed by atoms with Gasteiger partial charge in [0.05, 0.1) is 0 Å². The quantitative estimate of drug-likeness (QED) is 0.818. The third kappa shape index (κ3) is 2.76. The van der Waals surface area contributed by atoms with Crippen molar-refractivity contribution in [1.29, 1.82) is 0 Å². The van der Waals surface area contributed by atoms with E-state index < -0.39 is 11.8 Å². The van der Waals surface area contributed by atoms with Crippen LogP contribution in [0.4, 0.5) is 0 Å². The van der Waals surface area contributed by atoms with E-state index in [9.17, 15) is 9.59 Å². The van der Waals surface area contributed by atoms with Crippen molar-refractivity contribution in [2.75, 3.05) is 6.61 Å². The highest BCUT2D eigenvalue weighted by atomic mass is 16.5. The topological polar surface area (TPSA) is 76.7 Å². The van der Waals surface area contributed by atoms with Crippen molar-refractivity contribution >= 4 is 11.8 Å². The van der Waals surface area contributed by atoms with Gasteiger partial charge in [-0.2, -0.15) is 0 Å². The Bertz CT molecular complexity index is 556. The lowest BCUT2D eigenvalue weighted by Crippen LogP contribution is -2.10. The molecule has 0 aliphatic carbocycles. The van der Waals surface area contributed by atoms with Crippen LogP contribution in [0.3, 0.4) is 0 Å². The van der Waals surface area contributed by atoms with Gasteiger partial charge in [0, 0.05) is 0 Å². The van der Waals surface area contributed by atoms with E-state index in [1.165, 1.54) is 12.1 Å². The van der Waals surface area contributed by atoms with Crippen LogP contribution in [0.5, 0.6) is 5.75 Å². The van der Waals surface area contributed by atoms with E-state index >= 15 is 0 Å². The first-order valence-corrected chi connectivity index (χ1v) is 5.21. The van der Waals surface area contributed by atoms with Gasteiger partial charge < -0.3 is 14.3 Å². The van der Waals surface area contributed by atoms with Gasteiger partial charge in [0.2, 0.25) is 11.5 Å². The minimum atomic E-state index is -1.21. The summed E-state index contributed by atoms with van der Waals surface area (Å²) in [7, 11) is 0. The van der Waals surface area contributed by atoms with E-state index in [1.807, 2.05) is 6.07 Å². The van der Waals surface area contributed by atoms with Gasteiger partial charge in [-0.25, -0.2) is 4.79 Å². The SMILES string of the molecule is O=C(O)c1ccc(C(=O)COc2ccccc2)o1. The van der Waals surface area contributed by atoms with Crippen LogP contribution < -0.4 is 4.74 Å². The smallest absolute Gasteiger partial charge is 0.371 e. The van der Waals surface area contributed by atoms with Crippen molar-refractivity contribution in [3.8, 4) is 5.75 Å². The van der Waals surface area contributed by atoms with Crippen molar-refractivity contribution in [3.05, 3.63) is 54.0 Å². The highest BCUT2D eigenvalue weighted by Gasteiger charge is 2.15. The van der Waals surface area contributed by atoms with Crippen molar-refractivity contribution in [2.24, 2.45) is 0 Å². The molecule has 0 saturated carbocycles. The minimum Gasteiger partial charge on any atom is -0.485 e. The monoisotopic (exact) mass is 246 g/mol. The van der Waals surface area contributed by atoms with Crippen LogP contribution in [0.1, 0.15) is 21.1 Å². The zero-order chi connectivity index (χ0) is 13.0. The third-order valence-corrected chi connectivity index (χ3v) is 2.20. The first-order valence-electron chi connectivity index (χ1n) is 5.21. The summed E-state index contributed by atoms with van der Waals surface area (Å²) in [5, 5.41) is 8.65. The molecule has 0 fully saturated rings. The summed E-state index contributed by atoms with van der Waals surface area (Å²) in [6.07, 6.45) is 0.